The van der Waals surface area contributed by atoms with Crippen LogP contribution in [0.5, 0.6) is 17.2 Å². The summed E-state index contributed by atoms with van der Waals surface area (Å²) in [5.41, 5.74) is -0.0109. The molecule has 0 radical (unpaired) electrons. The number of carboxylic acids is 1. The zero-order valence-electron chi connectivity index (χ0n) is 20.1. The highest BCUT2D eigenvalue weighted by atomic mass is 32.2. The highest BCUT2D eigenvalue weighted by Gasteiger charge is 2.29. The minimum Gasteiger partial charge on any atom is -0.493 e. The van der Waals surface area contributed by atoms with Crippen LogP contribution in [-0.2, 0) is 11.2 Å². The lowest BCUT2D eigenvalue weighted by Crippen LogP contribution is -2.37. The molecule has 0 fully saturated rings. The van der Waals surface area contributed by atoms with Crippen molar-refractivity contribution < 1.29 is 24.1 Å². The van der Waals surface area contributed by atoms with Crippen molar-refractivity contribution in [3.05, 3.63) is 78.4 Å². The Morgan fingerprint density at radius 3 is 2.32 bits per heavy atom. The van der Waals surface area contributed by atoms with Gasteiger partial charge in [-0.15, -0.1) is 0 Å². The first kappa shape index (κ1) is 25.5. The average molecular weight is 481 g/mol. The maximum absolute atomic E-state index is 11.2. The maximum atomic E-state index is 11.2. The molecular formula is C28H32O5S. The Labute approximate surface area is 206 Å². The molecule has 0 bridgehead atoms. The summed E-state index contributed by atoms with van der Waals surface area (Å²) in [4.78, 5) is 13.5. The van der Waals surface area contributed by atoms with Crippen LogP contribution in [0.15, 0.2) is 82.6 Å². The van der Waals surface area contributed by atoms with Gasteiger partial charge in [-0.3, -0.25) is 0 Å². The fourth-order valence-corrected chi connectivity index (χ4v) is 4.10. The quantitative estimate of drug-likeness (QED) is 0.305. The van der Waals surface area contributed by atoms with Crippen molar-refractivity contribution in [3.63, 3.8) is 0 Å². The minimum absolute atomic E-state index is 0.0263. The van der Waals surface area contributed by atoms with E-state index in [1.54, 1.807) is 36.0 Å². The number of hydrogen-bond donors (Lipinski definition) is 1. The molecule has 0 heterocycles. The molecule has 0 unspecified atom stereocenters. The van der Waals surface area contributed by atoms with Gasteiger partial charge in [-0.25, -0.2) is 4.79 Å². The largest absolute Gasteiger partial charge is 0.493 e. The van der Waals surface area contributed by atoms with Crippen LogP contribution in [0.25, 0.3) is 0 Å². The lowest BCUT2D eigenvalue weighted by Gasteiger charge is -2.21. The average Bonchev–Trinajstić information content (AvgIpc) is 2.81. The maximum Gasteiger partial charge on any atom is 0.347 e. The molecule has 3 aromatic rings. The molecule has 1 atom stereocenters. The Morgan fingerprint density at radius 1 is 1.00 bits per heavy atom. The second-order valence-corrected chi connectivity index (χ2v) is 9.62. The van der Waals surface area contributed by atoms with E-state index >= 15 is 0 Å². The molecule has 0 saturated carbocycles. The van der Waals surface area contributed by atoms with Crippen molar-refractivity contribution in [2.24, 2.45) is 0 Å². The van der Waals surface area contributed by atoms with Crippen LogP contribution in [0.3, 0.4) is 0 Å². The van der Waals surface area contributed by atoms with Gasteiger partial charge in [0.2, 0.25) is 0 Å². The summed E-state index contributed by atoms with van der Waals surface area (Å²) in [7, 11) is 0. The first-order valence-corrected chi connectivity index (χ1v) is 12.3. The summed E-state index contributed by atoms with van der Waals surface area (Å²) in [5.74, 6) is 1.04. The van der Waals surface area contributed by atoms with Gasteiger partial charge in [-0.05, 0) is 81.3 Å². The second kappa shape index (κ2) is 11.8. The molecule has 0 saturated heterocycles. The molecule has 3 aromatic carbocycles. The van der Waals surface area contributed by atoms with Gasteiger partial charge in [0.15, 0.2) is 5.60 Å². The fourth-order valence-electron chi connectivity index (χ4n) is 3.13. The number of aliphatic carboxylic acids is 1. The Morgan fingerprint density at radius 2 is 1.68 bits per heavy atom. The number of rotatable bonds is 12. The Hall–Kier alpha value is -3.12. The van der Waals surface area contributed by atoms with Crippen LogP contribution in [0.4, 0.5) is 0 Å². The monoisotopic (exact) mass is 480 g/mol. The number of benzene rings is 3. The normalized spacial score (nSPS) is 12.1. The first-order chi connectivity index (χ1) is 16.3. The molecule has 34 heavy (non-hydrogen) atoms. The molecule has 3 rings (SSSR count). The van der Waals surface area contributed by atoms with E-state index < -0.39 is 11.6 Å². The summed E-state index contributed by atoms with van der Waals surface area (Å²) in [6, 6.07) is 23.6. The number of ether oxygens (including phenoxy) is 3. The Kier molecular flexibility index (Phi) is 8.88. The van der Waals surface area contributed by atoms with E-state index in [0.29, 0.717) is 18.1 Å². The van der Waals surface area contributed by atoms with Crippen molar-refractivity contribution in [3.8, 4) is 17.2 Å². The van der Waals surface area contributed by atoms with E-state index in [0.717, 1.165) is 23.5 Å². The third-order valence-electron chi connectivity index (χ3n) is 5.22. The van der Waals surface area contributed by atoms with Crippen molar-refractivity contribution in [1.29, 1.82) is 0 Å². The predicted molar refractivity (Wildman–Crippen MR) is 135 cm³/mol. The van der Waals surface area contributed by atoms with E-state index in [2.05, 4.69) is 37.3 Å². The lowest BCUT2D eigenvalue weighted by atomic mass is 10.1. The molecule has 0 amide bonds. The van der Waals surface area contributed by atoms with E-state index in [1.165, 1.54) is 24.3 Å². The molecule has 180 valence electrons. The van der Waals surface area contributed by atoms with Crippen LogP contribution >= 0.6 is 11.8 Å². The number of hydrogen-bond acceptors (Lipinski definition) is 5. The van der Waals surface area contributed by atoms with Crippen molar-refractivity contribution in [1.82, 2.24) is 0 Å². The number of aryl methyl sites for hydroxylation is 1. The molecule has 0 aliphatic heterocycles. The Bertz CT molecular complexity index is 1060. The second-order valence-electron chi connectivity index (χ2n) is 8.50. The third-order valence-corrected chi connectivity index (χ3v) is 6.27. The van der Waals surface area contributed by atoms with Gasteiger partial charge in [-0.2, -0.15) is 0 Å². The lowest BCUT2D eigenvalue weighted by molar-refractivity contribution is -0.152. The fraction of sp³-hybridized carbons (Fsp3) is 0.321. The highest BCUT2D eigenvalue weighted by molar-refractivity contribution is 7.99. The molecular weight excluding hydrogens is 448 g/mol. The minimum atomic E-state index is -1.29. The van der Waals surface area contributed by atoms with Crippen LogP contribution in [-0.4, -0.2) is 29.4 Å². The number of carboxylic acid groups (broad SMARTS) is 1. The summed E-state index contributed by atoms with van der Waals surface area (Å²) >= 11 is 1.71. The van der Waals surface area contributed by atoms with Gasteiger partial charge in [0.25, 0.3) is 0 Å². The van der Waals surface area contributed by atoms with Crippen molar-refractivity contribution in [2.75, 3.05) is 6.61 Å². The zero-order chi connectivity index (χ0) is 24.6. The third kappa shape index (κ3) is 7.45. The summed E-state index contributed by atoms with van der Waals surface area (Å²) in [6.07, 6.45) is 1.67. The predicted octanol–water partition coefficient (Wildman–Crippen LogP) is 6.88. The van der Waals surface area contributed by atoms with Crippen molar-refractivity contribution >= 4 is 17.7 Å². The van der Waals surface area contributed by atoms with Crippen molar-refractivity contribution in [2.45, 2.75) is 62.0 Å². The Balaban J connectivity index is 1.54. The van der Waals surface area contributed by atoms with E-state index in [-0.39, 0.29) is 6.10 Å². The molecule has 5 nitrogen and oxygen atoms in total. The van der Waals surface area contributed by atoms with Gasteiger partial charge in [0.1, 0.15) is 17.2 Å². The molecule has 0 aliphatic carbocycles. The van der Waals surface area contributed by atoms with Crippen LogP contribution in [0.2, 0.25) is 0 Å². The standard InChI is InChI=1S/C28H32O5S/c1-5-21-11-16-25(26(19-21)34-24-9-7-6-8-10-24)32-20(2)17-18-31-22-12-14-23(15-13-22)33-28(3,4)27(29)30/h6-16,19-20H,5,17-18H2,1-4H3,(H,29,30)/t20-/m0/s1. The SMILES string of the molecule is CCc1ccc(O[C@@H](C)CCOc2ccc(OC(C)(C)C(=O)O)cc2)c(Sc2ccccc2)c1. The van der Waals surface area contributed by atoms with E-state index in [1.807, 2.05) is 25.1 Å². The number of carbonyl (C=O) groups is 1. The van der Waals surface area contributed by atoms with E-state index in [9.17, 15) is 9.90 Å². The summed E-state index contributed by atoms with van der Waals surface area (Å²) < 4.78 is 17.6. The smallest absolute Gasteiger partial charge is 0.347 e. The zero-order valence-corrected chi connectivity index (χ0v) is 20.9. The topological polar surface area (TPSA) is 65.0 Å². The molecule has 6 heteroatoms. The van der Waals surface area contributed by atoms with Gasteiger partial charge in [-0.1, -0.05) is 43.0 Å². The highest BCUT2D eigenvalue weighted by Crippen LogP contribution is 2.36. The molecule has 1 N–H and O–H groups in total. The molecule has 0 aromatic heterocycles. The van der Waals surface area contributed by atoms with Crippen LogP contribution in [0, 0.1) is 0 Å². The molecule has 0 aliphatic rings. The summed E-state index contributed by atoms with van der Waals surface area (Å²) in [6.45, 7) is 7.72. The van der Waals surface area contributed by atoms with Gasteiger partial charge < -0.3 is 19.3 Å². The molecule has 0 spiro atoms. The van der Waals surface area contributed by atoms with Gasteiger partial charge in [0.05, 0.1) is 17.6 Å². The van der Waals surface area contributed by atoms with Gasteiger partial charge in [0, 0.05) is 11.3 Å². The van der Waals surface area contributed by atoms with Gasteiger partial charge >= 0.3 is 5.97 Å². The van der Waals surface area contributed by atoms with E-state index in [4.69, 9.17) is 14.2 Å². The summed E-state index contributed by atoms with van der Waals surface area (Å²) in [5, 5.41) is 9.19. The van der Waals surface area contributed by atoms with Crippen LogP contribution in [0.1, 0.15) is 39.7 Å². The van der Waals surface area contributed by atoms with Crippen LogP contribution < -0.4 is 14.2 Å². The first-order valence-electron chi connectivity index (χ1n) is 11.4.